The van der Waals surface area contributed by atoms with Crippen LogP contribution in [0.5, 0.6) is 5.75 Å². The van der Waals surface area contributed by atoms with Crippen molar-refractivity contribution in [3.8, 4) is 22.9 Å². The van der Waals surface area contributed by atoms with E-state index in [4.69, 9.17) is 4.74 Å². The number of hydrogen-bond donors (Lipinski definition) is 1. The third-order valence-electron chi connectivity index (χ3n) is 6.16. The van der Waals surface area contributed by atoms with Crippen molar-refractivity contribution in [2.24, 2.45) is 5.92 Å². The minimum Gasteiger partial charge on any atom is -0.497 e. The van der Waals surface area contributed by atoms with Crippen LogP contribution >= 0.6 is 0 Å². The molecule has 0 unspecified atom stereocenters. The van der Waals surface area contributed by atoms with Crippen LogP contribution in [-0.2, 0) is 4.79 Å². The number of rotatable bonds is 5. The highest BCUT2D eigenvalue weighted by molar-refractivity contribution is 5.82. The molecule has 2 aromatic rings. The largest absolute Gasteiger partial charge is 0.497 e. The molecule has 5 nitrogen and oxygen atoms in total. The van der Waals surface area contributed by atoms with E-state index in [1.165, 1.54) is 0 Å². The predicted molar refractivity (Wildman–Crippen MR) is 106 cm³/mol. The molecule has 1 aliphatic carbocycles. The molecule has 0 spiro atoms. The lowest BCUT2D eigenvalue weighted by atomic mass is 9.73. The fraction of sp³-hybridized carbons (Fsp3) is 0.391. The van der Waals surface area contributed by atoms with E-state index in [0.717, 1.165) is 41.7 Å². The van der Waals surface area contributed by atoms with Gasteiger partial charge in [0.1, 0.15) is 11.8 Å². The van der Waals surface area contributed by atoms with E-state index in [9.17, 15) is 15.2 Å². The second-order valence-electron chi connectivity index (χ2n) is 7.57. The fourth-order valence-corrected chi connectivity index (χ4v) is 4.26. The predicted octanol–water partition coefficient (Wildman–Crippen LogP) is 3.34. The maximum atomic E-state index is 12.7. The van der Waals surface area contributed by atoms with E-state index in [1.54, 1.807) is 12.0 Å². The summed E-state index contributed by atoms with van der Waals surface area (Å²) in [5.74, 6) is 0.726. The SMILES string of the molecule is COc1ccc(-c2ccc([C@@H]3[C@@H](C#N)N(C(=O)C4CCC4)[C@@H]3CO)cc2)cc1. The average molecular weight is 376 g/mol. The Labute approximate surface area is 165 Å². The zero-order chi connectivity index (χ0) is 19.7. The highest BCUT2D eigenvalue weighted by Crippen LogP contribution is 2.43. The number of likely N-dealkylation sites (tertiary alicyclic amines) is 1. The van der Waals surface area contributed by atoms with Crippen LogP contribution in [0.1, 0.15) is 30.7 Å². The molecule has 0 aromatic heterocycles. The molecule has 5 heteroatoms. The number of nitriles is 1. The molecule has 1 heterocycles. The average Bonchev–Trinajstić information content (AvgIpc) is 2.67. The third kappa shape index (κ3) is 3.04. The number of aliphatic hydroxyl groups excluding tert-OH is 1. The van der Waals surface area contributed by atoms with Crippen molar-refractivity contribution in [3.05, 3.63) is 54.1 Å². The smallest absolute Gasteiger partial charge is 0.227 e. The summed E-state index contributed by atoms with van der Waals surface area (Å²) in [6.07, 6.45) is 2.86. The molecule has 1 N–H and O–H groups in total. The van der Waals surface area contributed by atoms with Gasteiger partial charge in [-0.05, 0) is 41.7 Å². The van der Waals surface area contributed by atoms with Gasteiger partial charge < -0.3 is 14.7 Å². The summed E-state index contributed by atoms with van der Waals surface area (Å²) in [4.78, 5) is 14.3. The molecule has 2 fully saturated rings. The van der Waals surface area contributed by atoms with Crippen molar-refractivity contribution in [1.82, 2.24) is 4.90 Å². The van der Waals surface area contributed by atoms with Crippen LogP contribution in [0.15, 0.2) is 48.5 Å². The normalized spacial score (nSPS) is 24.0. The molecule has 1 saturated carbocycles. The molecule has 1 amide bonds. The molecule has 1 aliphatic heterocycles. The molecule has 4 rings (SSSR count). The molecule has 28 heavy (non-hydrogen) atoms. The first-order chi connectivity index (χ1) is 13.7. The van der Waals surface area contributed by atoms with E-state index in [0.29, 0.717) is 0 Å². The molecule has 3 atom stereocenters. The summed E-state index contributed by atoms with van der Waals surface area (Å²) in [7, 11) is 1.64. The number of carbonyl (C=O) groups is 1. The Hall–Kier alpha value is -2.84. The van der Waals surface area contributed by atoms with E-state index < -0.39 is 6.04 Å². The van der Waals surface area contributed by atoms with Gasteiger partial charge >= 0.3 is 0 Å². The number of amides is 1. The summed E-state index contributed by atoms with van der Waals surface area (Å²) < 4.78 is 5.20. The Balaban J connectivity index is 1.54. The van der Waals surface area contributed by atoms with Crippen LogP contribution in [0.25, 0.3) is 11.1 Å². The maximum absolute atomic E-state index is 12.7. The van der Waals surface area contributed by atoms with Gasteiger partial charge in [-0.15, -0.1) is 0 Å². The summed E-state index contributed by atoms with van der Waals surface area (Å²) in [6, 6.07) is 17.4. The second kappa shape index (κ2) is 7.65. The van der Waals surface area contributed by atoms with Gasteiger partial charge in [0.05, 0.1) is 25.8 Å². The van der Waals surface area contributed by atoms with Crippen LogP contribution < -0.4 is 4.74 Å². The first-order valence-electron chi connectivity index (χ1n) is 9.75. The van der Waals surface area contributed by atoms with Crippen LogP contribution in [-0.4, -0.2) is 41.7 Å². The van der Waals surface area contributed by atoms with Crippen LogP contribution in [0.3, 0.4) is 0 Å². The summed E-state index contributed by atoms with van der Waals surface area (Å²) in [5, 5.41) is 19.6. The molecular weight excluding hydrogens is 352 g/mol. The highest BCUT2D eigenvalue weighted by Gasteiger charge is 2.53. The van der Waals surface area contributed by atoms with E-state index >= 15 is 0 Å². The second-order valence-corrected chi connectivity index (χ2v) is 7.57. The molecule has 0 bridgehead atoms. The Bertz CT molecular complexity index is 882. The van der Waals surface area contributed by atoms with E-state index in [-0.39, 0.29) is 30.4 Å². The quantitative estimate of drug-likeness (QED) is 0.869. The number of ether oxygens (including phenoxy) is 1. The highest BCUT2D eigenvalue weighted by atomic mass is 16.5. The summed E-state index contributed by atoms with van der Waals surface area (Å²) in [6.45, 7) is -0.123. The topological polar surface area (TPSA) is 73.6 Å². The molecule has 1 saturated heterocycles. The number of benzene rings is 2. The number of hydrogen-bond acceptors (Lipinski definition) is 4. The fourth-order valence-electron chi connectivity index (χ4n) is 4.26. The number of aliphatic hydroxyl groups is 1. The molecular formula is C23H24N2O3. The van der Waals surface area contributed by atoms with Gasteiger partial charge in [0.2, 0.25) is 5.91 Å². The van der Waals surface area contributed by atoms with E-state index in [2.05, 4.69) is 6.07 Å². The van der Waals surface area contributed by atoms with Crippen LogP contribution in [0.2, 0.25) is 0 Å². The van der Waals surface area contributed by atoms with Gasteiger partial charge in [-0.2, -0.15) is 5.26 Å². The lowest BCUT2D eigenvalue weighted by Gasteiger charge is -2.53. The molecule has 144 valence electrons. The first kappa shape index (κ1) is 18.5. The van der Waals surface area contributed by atoms with Gasteiger partial charge in [0, 0.05) is 11.8 Å². The van der Waals surface area contributed by atoms with Crippen molar-refractivity contribution in [2.75, 3.05) is 13.7 Å². The van der Waals surface area contributed by atoms with Gasteiger partial charge in [-0.1, -0.05) is 42.8 Å². The Morgan fingerprint density at radius 1 is 1.14 bits per heavy atom. The minimum absolute atomic E-state index is 0.0305. The van der Waals surface area contributed by atoms with Crippen molar-refractivity contribution >= 4 is 5.91 Å². The van der Waals surface area contributed by atoms with Crippen LogP contribution in [0.4, 0.5) is 0 Å². The Morgan fingerprint density at radius 2 is 1.75 bits per heavy atom. The number of nitrogens with zero attached hydrogens (tertiary/aromatic N) is 2. The zero-order valence-corrected chi connectivity index (χ0v) is 15.9. The Kier molecular flexibility index (Phi) is 5.06. The van der Waals surface area contributed by atoms with Crippen molar-refractivity contribution in [2.45, 2.75) is 37.3 Å². The number of carbonyl (C=O) groups excluding carboxylic acids is 1. The maximum Gasteiger partial charge on any atom is 0.227 e. The molecule has 0 radical (unpaired) electrons. The van der Waals surface area contributed by atoms with Gasteiger partial charge in [0.15, 0.2) is 0 Å². The van der Waals surface area contributed by atoms with Crippen LogP contribution in [0, 0.1) is 17.2 Å². The van der Waals surface area contributed by atoms with Gasteiger partial charge in [-0.3, -0.25) is 4.79 Å². The standard InChI is InChI=1S/C23H24N2O3/c1-28-19-11-9-16(10-12-19)15-5-7-17(8-6-15)22-20(13-24)25(21(22)14-26)23(27)18-3-2-4-18/h5-12,18,20-22,26H,2-4,14H2,1H3/t20-,21-,22-/m1/s1. The third-order valence-corrected chi connectivity index (χ3v) is 6.16. The van der Waals surface area contributed by atoms with Crippen molar-refractivity contribution < 1.29 is 14.6 Å². The first-order valence-corrected chi connectivity index (χ1v) is 9.75. The molecule has 2 aromatic carbocycles. The van der Waals surface area contributed by atoms with Crippen molar-refractivity contribution in [1.29, 1.82) is 5.26 Å². The van der Waals surface area contributed by atoms with E-state index in [1.807, 2.05) is 48.5 Å². The van der Waals surface area contributed by atoms with Crippen molar-refractivity contribution in [3.63, 3.8) is 0 Å². The zero-order valence-electron chi connectivity index (χ0n) is 15.9. The van der Waals surface area contributed by atoms with Gasteiger partial charge in [-0.25, -0.2) is 0 Å². The lowest BCUT2D eigenvalue weighted by Crippen LogP contribution is -2.66. The Morgan fingerprint density at radius 3 is 2.21 bits per heavy atom. The minimum atomic E-state index is -0.503. The monoisotopic (exact) mass is 376 g/mol. The number of methoxy groups -OCH3 is 1. The summed E-state index contributed by atoms with van der Waals surface area (Å²) >= 11 is 0. The lowest BCUT2D eigenvalue weighted by molar-refractivity contribution is -0.154. The van der Waals surface area contributed by atoms with Gasteiger partial charge in [0.25, 0.3) is 0 Å². The molecule has 2 aliphatic rings. The summed E-state index contributed by atoms with van der Waals surface area (Å²) in [5.41, 5.74) is 3.14.